The lowest BCUT2D eigenvalue weighted by atomic mass is 9.79. The molecule has 1 saturated heterocycles. The summed E-state index contributed by atoms with van der Waals surface area (Å²) < 4.78 is 11.3. The molecule has 12 nitrogen and oxygen atoms in total. The molecule has 0 bridgehead atoms. The molecule has 2 atom stereocenters. The van der Waals surface area contributed by atoms with Crippen LogP contribution in [0.3, 0.4) is 0 Å². The predicted octanol–water partition coefficient (Wildman–Crippen LogP) is -0.537. The van der Waals surface area contributed by atoms with E-state index < -0.39 is 31.0 Å². The van der Waals surface area contributed by atoms with E-state index in [9.17, 15) is 24.6 Å². The number of pyridine rings is 1. The van der Waals surface area contributed by atoms with Crippen LogP contribution in [0.1, 0.15) is 17.0 Å². The second kappa shape index (κ2) is 10.9. The molecule has 1 fully saturated rings. The molecule has 1 aliphatic rings. The number of ether oxygens (including phenoxy) is 1. The molecular formula is C18H20BN3O9S. The number of carbonyl (C=O) groups excluding carboxylic acids is 1. The molecule has 14 heteroatoms. The number of carboxylic acid groups (broad SMARTS) is 1. The minimum absolute atomic E-state index is 0.0509. The molecule has 1 amide bonds. The molecule has 2 aromatic heterocycles. The lowest BCUT2D eigenvalue weighted by molar-refractivity contribution is -0.139. The fourth-order valence-electron chi connectivity index (χ4n) is 2.79. The van der Waals surface area contributed by atoms with E-state index in [1.807, 2.05) is 0 Å². The lowest BCUT2D eigenvalue weighted by Crippen LogP contribution is -2.52. The molecule has 0 unspecified atom stereocenters. The molecule has 170 valence electrons. The van der Waals surface area contributed by atoms with Gasteiger partial charge in [0.2, 0.25) is 0 Å². The quantitative estimate of drug-likeness (QED) is 0.173. The number of carbonyl (C=O) groups is 2. The number of thiophene rings is 1. The normalized spacial score (nSPS) is 19.3. The van der Waals surface area contributed by atoms with Gasteiger partial charge < -0.3 is 34.9 Å². The number of oxime groups is 1. The Hall–Kier alpha value is -3.20. The van der Waals surface area contributed by atoms with Gasteiger partial charge in [0.1, 0.15) is 5.69 Å². The van der Waals surface area contributed by atoms with Crippen molar-refractivity contribution in [3.05, 3.63) is 56.6 Å². The zero-order valence-corrected chi connectivity index (χ0v) is 17.4. The second-order valence-electron chi connectivity index (χ2n) is 6.75. The summed E-state index contributed by atoms with van der Waals surface area (Å²) >= 11 is 1.22. The summed E-state index contributed by atoms with van der Waals surface area (Å²) in [5, 5.41) is 37.0. The van der Waals surface area contributed by atoms with Crippen molar-refractivity contribution in [2.45, 2.75) is 25.1 Å². The van der Waals surface area contributed by atoms with E-state index >= 15 is 0 Å². The molecule has 0 radical (unpaired) electrons. The van der Waals surface area contributed by atoms with E-state index in [2.05, 4.69) is 10.5 Å². The fraction of sp³-hybridized carbons (Fsp3) is 0.333. The first-order valence-electron chi connectivity index (χ1n) is 9.42. The highest BCUT2D eigenvalue weighted by atomic mass is 32.1. The van der Waals surface area contributed by atoms with Gasteiger partial charge in [-0.2, -0.15) is 4.73 Å². The van der Waals surface area contributed by atoms with Crippen molar-refractivity contribution in [2.24, 2.45) is 5.16 Å². The number of aromatic nitrogens is 1. The summed E-state index contributed by atoms with van der Waals surface area (Å²) in [6, 6.07) is 5.66. The van der Waals surface area contributed by atoms with Crippen LogP contribution >= 0.6 is 11.3 Å². The zero-order chi connectivity index (χ0) is 23.1. The number of rotatable bonds is 8. The number of nitrogens with zero attached hydrogens (tertiary/aromatic N) is 2. The Bertz CT molecular complexity index is 1030. The summed E-state index contributed by atoms with van der Waals surface area (Å²) in [6.45, 7) is -0.447. The lowest BCUT2D eigenvalue weighted by Gasteiger charge is -2.19. The van der Waals surface area contributed by atoms with Gasteiger partial charge in [-0.3, -0.25) is 14.4 Å². The second-order valence-corrected chi connectivity index (χ2v) is 7.70. The number of hydrogen-bond acceptors (Lipinski definition) is 10. The Labute approximate surface area is 185 Å². The van der Waals surface area contributed by atoms with Gasteiger partial charge in [0.25, 0.3) is 5.91 Å². The van der Waals surface area contributed by atoms with Crippen LogP contribution < -0.4 is 10.7 Å². The van der Waals surface area contributed by atoms with Gasteiger partial charge in [-0.15, -0.1) is 11.3 Å². The Morgan fingerprint density at radius 1 is 1.38 bits per heavy atom. The molecule has 32 heavy (non-hydrogen) atoms. The van der Waals surface area contributed by atoms with E-state index in [0.717, 1.165) is 12.3 Å². The van der Waals surface area contributed by atoms with Gasteiger partial charge in [-0.25, -0.2) is 0 Å². The third kappa shape index (κ3) is 6.40. The zero-order valence-electron chi connectivity index (χ0n) is 16.6. The molecule has 0 saturated carbocycles. The molecule has 1 aliphatic heterocycles. The third-order valence-corrected chi connectivity index (χ3v) is 5.19. The maximum atomic E-state index is 12.9. The first-order chi connectivity index (χ1) is 15.3. The van der Waals surface area contributed by atoms with Gasteiger partial charge in [0, 0.05) is 18.3 Å². The van der Waals surface area contributed by atoms with Gasteiger partial charge in [0.15, 0.2) is 17.7 Å². The summed E-state index contributed by atoms with van der Waals surface area (Å²) in [5.74, 6) is -2.79. The first kappa shape index (κ1) is 23.5. The average Bonchev–Trinajstić information content (AvgIpc) is 3.20. The van der Waals surface area contributed by atoms with Crippen LogP contribution in [0.25, 0.3) is 0 Å². The number of carboxylic acids is 1. The Morgan fingerprint density at radius 3 is 2.91 bits per heavy atom. The molecule has 2 aromatic rings. The van der Waals surface area contributed by atoms with E-state index in [4.69, 9.17) is 19.3 Å². The fourth-order valence-corrected chi connectivity index (χ4v) is 3.49. The van der Waals surface area contributed by atoms with E-state index in [0.29, 0.717) is 9.61 Å². The molecule has 0 aromatic carbocycles. The monoisotopic (exact) mass is 465 g/mol. The molecule has 0 spiro atoms. The molecule has 0 aliphatic carbocycles. The highest BCUT2D eigenvalue weighted by Gasteiger charge is 2.36. The van der Waals surface area contributed by atoms with Crippen LogP contribution in [0, 0.1) is 0 Å². The van der Waals surface area contributed by atoms with Crippen molar-refractivity contribution in [3.63, 3.8) is 0 Å². The van der Waals surface area contributed by atoms with Gasteiger partial charge in [-0.05, 0) is 11.4 Å². The van der Waals surface area contributed by atoms with Gasteiger partial charge in [-0.1, -0.05) is 11.2 Å². The average molecular weight is 465 g/mol. The van der Waals surface area contributed by atoms with Crippen LogP contribution in [0.2, 0.25) is 0 Å². The van der Waals surface area contributed by atoms with Crippen molar-refractivity contribution in [1.29, 1.82) is 0 Å². The number of aliphatic carboxylic acids is 1. The molecule has 3 rings (SSSR count). The van der Waals surface area contributed by atoms with E-state index in [-0.39, 0.29) is 43.1 Å². The first-order valence-corrected chi connectivity index (χ1v) is 10.3. The standard InChI is InChI=1S/C18H20BN3O9S/c23-12-3-4-22(28)11(6-12)8-30-21-17(14-2-1-5-32-14)18(26)20-15-10-29-9-13(7-16(24)25)31-19(15)27/h1-6,13,15,27-28H,7-10H2,(H,20,26)(H,24,25)/b21-17-/t13-,15-/m0/s1. The van der Waals surface area contributed by atoms with Crippen LogP contribution in [0.5, 0.6) is 0 Å². The van der Waals surface area contributed by atoms with Crippen molar-refractivity contribution in [2.75, 3.05) is 13.2 Å². The van der Waals surface area contributed by atoms with E-state index in [1.54, 1.807) is 17.5 Å². The number of amides is 1. The summed E-state index contributed by atoms with van der Waals surface area (Å²) in [7, 11) is -1.50. The highest BCUT2D eigenvalue weighted by molar-refractivity contribution is 7.13. The van der Waals surface area contributed by atoms with Crippen LogP contribution in [0.4, 0.5) is 0 Å². The Kier molecular flexibility index (Phi) is 8.00. The minimum Gasteiger partial charge on any atom is -0.481 e. The van der Waals surface area contributed by atoms with Crippen LogP contribution in [-0.4, -0.2) is 70.0 Å². The summed E-state index contributed by atoms with van der Waals surface area (Å²) in [5.41, 5.74) is -0.323. The Balaban J connectivity index is 1.70. The molecule has 3 heterocycles. The molecular weight excluding hydrogens is 445 g/mol. The summed E-state index contributed by atoms with van der Waals surface area (Å²) in [6.07, 6.45) is -0.0638. The van der Waals surface area contributed by atoms with Crippen molar-refractivity contribution in [3.8, 4) is 0 Å². The van der Waals surface area contributed by atoms with Gasteiger partial charge >= 0.3 is 13.1 Å². The smallest absolute Gasteiger partial charge is 0.480 e. The van der Waals surface area contributed by atoms with E-state index in [1.165, 1.54) is 17.4 Å². The van der Waals surface area contributed by atoms with Crippen molar-refractivity contribution in [1.82, 2.24) is 10.0 Å². The molecule has 4 N–H and O–H groups in total. The third-order valence-electron chi connectivity index (χ3n) is 4.32. The maximum absolute atomic E-state index is 12.9. The maximum Gasteiger partial charge on any atom is 0.480 e. The summed E-state index contributed by atoms with van der Waals surface area (Å²) in [4.78, 5) is 40.8. The van der Waals surface area contributed by atoms with Crippen molar-refractivity contribution >= 4 is 36.0 Å². The van der Waals surface area contributed by atoms with Crippen LogP contribution in [0.15, 0.2) is 45.8 Å². The SMILES string of the molecule is O=C(O)C[C@H]1COC[C@H](NC(=O)/C(=N\OCc2cc(=O)ccn2O)c2cccs2)B(O)O1. The largest absolute Gasteiger partial charge is 0.481 e. The van der Waals surface area contributed by atoms with Crippen LogP contribution in [-0.2, 0) is 30.4 Å². The highest BCUT2D eigenvalue weighted by Crippen LogP contribution is 2.13. The Morgan fingerprint density at radius 2 is 2.19 bits per heavy atom. The van der Waals surface area contributed by atoms with Crippen molar-refractivity contribution < 1.29 is 39.2 Å². The topological polar surface area (TPSA) is 169 Å². The van der Waals surface area contributed by atoms with Gasteiger partial charge in [0.05, 0.1) is 36.6 Å². The predicted molar refractivity (Wildman–Crippen MR) is 111 cm³/mol. The number of nitrogens with one attached hydrogen (secondary N) is 1. The number of hydrogen-bond donors (Lipinski definition) is 4. The minimum atomic E-state index is -1.50.